The molecule has 0 saturated carbocycles. The first-order chi connectivity index (χ1) is 15.0. The van der Waals surface area contributed by atoms with E-state index in [1.165, 1.54) is 16.7 Å². The van der Waals surface area contributed by atoms with E-state index in [0.717, 1.165) is 10.0 Å². The van der Waals surface area contributed by atoms with Crippen LogP contribution < -0.4 is 0 Å². The third-order valence-electron chi connectivity index (χ3n) is 4.25. The van der Waals surface area contributed by atoms with Crippen LogP contribution in [0, 0.1) is 0 Å². The molecule has 0 N–H and O–H groups in total. The first-order valence-corrected chi connectivity index (χ1v) is 11.4. The Morgan fingerprint density at radius 3 is 2.74 bits per heavy atom. The first-order valence-electron chi connectivity index (χ1n) is 9.05. The fraction of sp³-hybridized carbons (Fsp3) is 0.0455. The zero-order valence-corrected chi connectivity index (χ0v) is 19.7. The number of halogens is 3. The average molecular weight is 535 g/mol. The van der Waals surface area contributed by atoms with Crippen LogP contribution in [0.25, 0.3) is 6.08 Å². The Hall–Kier alpha value is -2.32. The monoisotopic (exact) mass is 533 g/mol. The molecule has 0 unspecified atom stereocenters. The van der Waals surface area contributed by atoms with Gasteiger partial charge in [-0.05, 0) is 59.3 Å². The first kappa shape index (κ1) is 21.9. The lowest BCUT2D eigenvalue weighted by Crippen LogP contribution is -2.28. The summed E-state index contributed by atoms with van der Waals surface area (Å²) in [7, 11) is 0. The number of carbonyl (C=O) groups excluding carboxylic acids is 1. The molecule has 4 rings (SSSR count). The molecule has 3 aromatic rings. The largest absolute Gasteiger partial charge is 0.467 e. The van der Waals surface area contributed by atoms with Crippen LogP contribution in [0.1, 0.15) is 16.9 Å². The zero-order valence-electron chi connectivity index (χ0n) is 15.8. The minimum absolute atomic E-state index is 0.214. The Kier molecular flexibility index (Phi) is 6.97. The van der Waals surface area contributed by atoms with Gasteiger partial charge in [-0.2, -0.15) is 5.10 Å². The summed E-state index contributed by atoms with van der Waals surface area (Å²) in [5, 5.41) is 9.72. The number of rotatable bonds is 5. The van der Waals surface area contributed by atoms with E-state index in [4.69, 9.17) is 27.6 Å². The lowest BCUT2D eigenvalue weighted by molar-refractivity contribution is -0.122. The zero-order chi connectivity index (χ0) is 21.8. The summed E-state index contributed by atoms with van der Waals surface area (Å²) in [6.45, 7) is 0.241. The fourth-order valence-electron chi connectivity index (χ4n) is 2.79. The second-order valence-corrected chi connectivity index (χ2v) is 9.12. The van der Waals surface area contributed by atoms with Crippen LogP contribution in [0.4, 0.5) is 0 Å². The normalized spacial score (nSPS) is 16.9. The molecule has 0 aliphatic carbocycles. The molecule has 2 aromatic carbocycles. The van der Waals surface area contributed by atoms with Gasteiger partial charge in [0.25, 0.3) is 5.91 Å². The third-order valence-corrected chi connectivity index (χ3v) is 6.57. The van der Waals surface area contributed by atoms with E-state index in [2.05, 4.69) is 26.1 Å². The molecule has 2 heterocycles. The van der Waals surface area contributed by atoms with Crippen LogP contribution >= 0.6 is 50.9 Å². The van der Waals surface area contributed by atoms with Gasteiger partial charge in [0.1, 0.15) is 5.76 Å². The van der Waals surface area contributed by atoms with Crippen LogP contribution in [-0.4, -0.2) is 22.2 Å². The van der Waals surface area contributed by atoms with E-state index in [1.54, 1.807) is 48.9 Å². The van der Waals surface area contributed by atoms with Crippen molar-refractivity contribution < 1.29 is 9.21 Å². The summed E-state index contributed by atoms with van der Waals surface area (Å²) in [6, 6.07) is 16.5. The molecule has 9 heteroatoms. The summed E-state index contributed by atoms with van der Waals surface area (Å²) in [6.07, 6.45) is 4.90. The number of thioether (sulfide) groups is 1. The van der Waals surface area contributed by atoms with E-state index in [-0.39, 0.29) is 12.5 Å². The molecule has 1 aliphatic heterocycles. The van der Waals surface area contributed by atoms with E-state index in [1.807, 2.05) is 24.3 Å². The van der Waals surface area contributed by atoms with E-state index in [9.17, 15) is 4.79 Å². The molecule has 156 valence electrons. The van der Waals surface area contributed by atoms with Crippen molar-refractivity contribution in [3.05, 3.63) is 97.2 Å². The molecule has 0 spiro atoms. The van der Waals surface area contributed by atoms with Crippen molar-refractivity contribution >= 4 is 74.3 Å². The number of nitrogens with zero attached hydrogens (tertiary/aromatic N) is 3. The predicted octanol–water partition coefficient (Wildman–Crippen LogP) is 6.86. The Morgan fingerprint density at radius 1 is 1.13 bits per heavy atom. The molecular weight excluding hydrogens is 521 g/mol. The predicted molar refractivity (Wildman–Crippen MR) is 130 cm³/mol. The second kappa shape index (κ2) is 9.87. The van der Waals surface area contributed by atoms with Crippen LogP contribution in [0.3, 0.4) is 0 Å². The van der Waals surface area contributed by atoms with Crippen molar-refractivity contribution in [1.29, 1.82) is 0 Å². The maximum atomic E-state index is 13.1. The van der Waals surface area contributed by atoms with Gasteiger partial charge in [-0.3, -0.25) is 9.69 Å². The van der Waals surface area contributed by atoms with Crippen LogP contribution in [0.5, 0.6) is 0 Å². The lowest BCUT2D eigenvalue weighted by Gasteiger charge is -2.12. The second-order valence-electron chi connectivity index (χ2n) is 6.41. The molecule has 0 radical (unpaired) electrons. The van der Waals surface area contributed by atoms with Crippen molar-refractivity contribution in [2.45, 2.75) is 6.54 Å². The highest BCUT2D eigenvalue weighted by Crippen LogP contribution is 2.36. The summed E-state index contributed by atoms with van der Waals surface area (Å²) >= 11 is 17.0. The summed E-state index contributed by atoms with van der Waals surface area (Å²) in [5.41, 5.74) is 1.54. The Balaban J connectivity index is 1.65. The molecule has 1 aliphatic rings. The quantitative estimate of drug-likeness (QED) is 0.204. The van der Waals surface area contributed by atoms with Gasteiger partial charge in [-0.1, -0.05) is 63.4 Å². The maximum absolute atomic E-state index is 13.1. The third kappa shape index (κ3) is 5.30. The number of hydrogen-bond acceptors (Lipinski definition) is 5. The van der Waals surface area contributed by atoms with Gasteiger partial charge in [0.05, 0.1) is 34.0 Å². The number of carbonyl (C=O) groups is 1. The number of amidine groups is 1. The van der Waals surface area contributed by atoms with Gasteiger partial charge in [-0.25, -0.2) is 0 Å². The standard InChI is InChI=1S/C22H14BrCl2N3O2S/c23-16-6-1-4-14(10-16)12-26-27-22-28(13-17-7-3-9-30-17)21(29)19(31-22)11-15-5-2-8-18(24)20(15)25/h1-12H,13H2/b19-11-,26-12+,27-22-. The van der Waals surface area contributed by atoms with Gasteiger partial charge in [0.2, 0.25) is 0 Å². The summed E-state index contributed by atoms with van der Waals surface area (Å²) in [4.78, 5) is 15.1. The van der Waals surface area contributed by atoms with E-state index in [0.29, 0.717) is 31.4 Å². The SMILES string of the molecule is O=C1/C(=C/c2cccc(Cl)c2Cl)S/C(=N\N=C\c2cccc(Br)c2)N1Cc1ccco1. The number of benzene rings is 2. The van der Waals surface area contributed by atoms with Crippen molar-refractivity contribution in [3.63, 3.8) is 0 Å². The molecule has 31 heavy (non-hydrogen) atoms. The lowest BCUT2D eigenvalue weighted by atomic mass is 10.2. The van der Waals surface area contributed by atoms with Gasteiger partial charge in [0, 0.05) is 4.47 Å². The van der Waals surface area contributed by atoms with Crippen LogP contribution in [0.15, 0.2) is 84.9 Å². The Labute approximate surface area is 201 Å². The van der Waals surface area contributed by atoms with Crippen molar-refractivity contribution in [3.8, 4) is 0 Å². The molecule has 5 nitrogen and oxygen atoms in total. The topological polar surface area (TPSA) is 58.2 Å². The maximum Gasteiger partial charge on any atom is 0.267 e. The average Bonchev–Trinajstić information content (AvgIpc) is 3.36. The summed E-state index contributed by atoms with van der Waals surface area (Å²) in [5.74, 6) is 0.425. The van der Waals surface area contributed by atoms with E-state index >= 15 is 0 Å². The van der Waals surface area contributed by atoms with Crippen molar-refractivity contribution in [2.24, 2.45) is 10.2 Å². The fourth-order valence-corrected chi connectivity index (χ4v) is 4.49. The Morgan fingerprint density at radius 2 is 1.97 bits per heavy atom. The van der Waals surface area contributed by atoms with Crippen molar-refractivity contribution in [2.75, 3.05) is 0 Å². The van der Waals surface area contributed by atoms with Crippen molar-refractivity contribution in [1.82, 2.24) is 4.90 Å². The van der Waals surface area contributed by atoms with E-state index < -0.39 is 0 Å². The minimum atomic E-state index is -0.214. The number of hydrogen-bond donors (Lipinski definition) is 0. The summed E-state index contributed by atoms with van der Waals surface area (Å²) < 4.78 is 6.35. The highest BCUT2D eigenvalue weighted by atomic mass is 79.9. The highest BCUT2D eigenvalue weighted by Gasteiger charge is 2.34. The highest BCUT2D eigenvalue weighted by molar-refractivity contribution is 9.10. The van der Waals surface area contributed by atoms with Crippen LogP contribution in [-0.2, 0) is 11.3 Å². The van der Waals surface area contributed by atoms with Gasteiger partial charge >= 0.3 is 0 Å². The molecule has 1 aromatic heterocycles. The smallest absolute Gasteiger partial charge is 0.267 e. The molecule has 1 amide bonds. The van der Waals surface area contributed by atoms with Gasteiger partial charge in [-0.15, -0.1) is 5.10 Å². The van der Waals surface area contributed by atoms with Gasteiger partial charge in [0.15, 0.2) is 5.17 Å². The number of amides is 1. The Bertz CT molecular complexity index is 1210. The molecule has 1 fully saturated rings. The minimum Gasteiger partial charge on any atom is -0.467 e. The molecule has 0 bridgehead atoms. The number of furan rings is 1. The van der Waals surface area contributed by atoms with Gasteiger partial charge < -0.3 is 4.42 Å². The van der Waals surface area contributed by atoms with Crippen LogP contribution in [0.2, 0.25) is 10.0 Å². The molecular formula is C22H14BrCl2N3O2S. The molecule has 0 atom stereocenters. The molecule has 1 saturated heterocycles.